The first-order chi connectivity index (χ1) is 11.6. The van der Waals surface area contributed by atoms with Gasteiger partial charge in [-0.25, -0.2) is 4.98 Å². The highest BCUT2D eigenvalue weighted by Gasteiger charge is 2.28. The van der Waals surface area contributed by atoms with Crippen molar-refractivity contribution in [3.63, 3.8) is 0 Å². The summed E-state index contributed by atoms with van der Waals surface area (Å²) in [5.41, 5.74) is 0. The Kier molecular flexibility index (Phi) is 4.17. The molecule has 2 aliphatic heterocycles. The second kappa shape index (κ2) is 6.33. The number of carboxylic acids is 1. The van der Waals surface area contributed by atoms with Gasteiger partial charge in [0.25, 0.3) is 5.91 Å². The average molecular weight is 365 g/mol. The van der Waals surface area contributed by atoms with Crippen molar-refractivity contribution in [2.24, 2.45) is 5.92 Å². The highest BCUT2D eigenvalue weighted by Crippen LogP contribution is 2.36. The molecule has 8 heteroatoms. The molecule has 2 aromatic heterocycles. The van der Waals surface area contributed by atoms with Crippen molar-refractivity contribution in [3.8, 4) is 0 Å². The van der Waals surface area contributed by atoms with Gasteiger partial charge in [0, 0.05) is 26.2 Å². The average Bonchev–Trinajstić information content (AvgIpc) is 3.29. The molecule has 4 heterocycles. The van der Waals surface area contributed by atoms with Gasteiger partial charge in [0.15, 0.2) is 5.13 Å². The van der Waals surface area contributed by atoms with Crippen LogP contribution in [0.5, 0.6) is 0 Å². The van der Waals surface area contributed by atoms with Crippen LogP contribution < -0.4 is 4.90 Å². The lowest BCUT2D eigenvalue weighted by molar-refractivity contribution is -0.143. The lowest BCUT2D eigenvalue weighted by Gasteiger charge is -2.29. The van der Waals surface area contributed by atoms with Crippen molar-refractivity contribution in [2.75, 3.05) is 31.1 Å². The van der Waals surface area contributed by atoms with E-state index in [9.17, 15) is 9.59 Å². The summed E-state index contributed by atoms with van der Waals surface area (Å²) in [4.78, 5) is 34.1. The summed E-state index contributed by atoms with van der Waals surface area (Å²) in [5, 5.41) is 10.1. The minimum absolute atomic E-state index is 0.0109. The molecule has 24 heavy (non-hydrogen) atoms. The Labute approximate surface area is 147 Å². The van der Waals surface area contributed by atoms with Crippen LogP contribution in [0.3, 0.4) is 0 Å². The fourth-order valence-corrected chi connectivity index (χ4v) is 5.59. The molecule has 1 amide bonds. The van der Waals surface area contributed by atoms with Gasteiger partial charge in [0.05, 0.1) is 15.5 Å². The van der Waals surface area contributed by atoms with E-state index in [1.807, 2.05) is 6.07 Å². The molecule has 128 valence electrons. The maximum absolute atomic E-state index is 12.6. The summed E-state index contributed by atoms with van der Waals surface area (Å²) in [7, 11) is 0. The minimum Gasteiger partial charge on any atom is -0.481 e. The van der Waals surface area contributed by atoms with Crippen LogP contribution in [0, 0.1) is 5.92 Å². The lowest BCUT2D eigenvalue weighted by Crippen LogP contribution is -2.39. The SMILES string of the molecule is O=C(O)C1CCN(C(=O)c2cc3sc(N4CCCC4)nc3s2)CC1. The van der Waals surface area contributed by atoms with Gasteiger partial charge < -0.3 is 14.9 Å². The molecule has 0 bridgehead atoms. The summed E-state index contributed by atoms with van der Waals surface area (Å²) >= 11 is 3.11. The molecule has 0 spiro atoms. The number of fused-ring (bicyclic) bond motifs is 1. The third-order valence-corrected chi connectivity index (χ3v) is 7.01. The van der Waals surface area contributed by atoms with E-state index in [-0.39, 0.29) is 11.8 Å². The third-order valence-electron chi connectivity index (χ3n) is 4.80. The summed E-state index contributed by atoms with van der Waals surface area (Å²) in [5.74, 6) is -1.06. The number of nitrogens with zero attached hydrogens (tertiary/aromatic N) is 3. The number of carbonyl (C=O) groups is 2. The maximum Gasteiger partial charge on any atom is 0.306 e. The zero-order chi connectivity index (χ0) is 16.7. The molecular formula is C16H19N3O3S2. The molecule has 0 unspecified atom stereocenters. The summed E-state index contributed by atoms with van der Waals surface area (Å²) in [6.07, 6.45) is 3.53. The van der Waals surface area contributed by atoms with Crippen LogP contribution in [0.4, 0.5) is 5.13 Å². The van der Waals surface area contributed by atoms with Crippen LogP contribution in [0.2, 0.25) is 0 Å². The van der Waals surface area contributed by atoms with Crippen molar-refractivity contribution in [1.29, 1.82) is 0 Å². The van der Waals surface area contributed by atoms with Gasteiger partial charge in [-0.1, -0.05) is 11.3 Å². The normalized spacial score (nSPS) is 19.3. The predicted octanol–water partition coefficient (Wildman–Crippen LogP) is 2.89. The van der Waals surface area contributed by atoms with E-state index in [2.05, 4.69) is 4.90 Å². The number of likely N-dealkylation sites (tertiary alicyclic amines) is 1. The number of rotatable bonds is 3. The summed E-state index contributed by atoms with van der Waals surface area (Å²) in [6, 6.07) is 1.95. The molecule has 0 atom stereocenters. The van der Waals surface area contributed by atoms with Gasteiger partial charge in [0.2, 0.25) is 0 Å². The van der Waals surface area contributed by atoms with Gasteiger partial charge >= 0.3 is 5.97 Å². The van der Waals surface area contributed by atoms with Crippen LogP contribution in [-0.2, 0) is 4.79 Å². The molecule has 0 aliphatic carbocycles. The topological polar surface area (TPSA) is 73.7 Å². The Morgan fingerprint density at radius 2 is 1.83 bits per heavy atom. The molecule has 0 saturated carbocycles. The van der Waals surface area contributed by atoms with Crippen molar-refractivity contribution in [1.82, 2.24) is 9.88 Å². The molecule has 4 rings (SSSR count). The Hall–Kier alpha value is -1.67. The third kappa shape index (κ3) is 2.88. The van der Waals surface area contributed by atoms with Crippen molar-refractivity contribution in [2.45, 2.75) is 25.7 Å². The molecule has 2 aliphatic rings. The number of piperidine rings is 1. The van der Waals surface area contributed by atoms with E-state index in [0.29, 0.717) is 30.8 Å². The summed E-state index contributed by atoms with van der Waals surface area (Å²) in [6.45, 7) is 3.19. The second-order valence-electron chi connectivity index (χ2n) is 6.38. The van der Waals surface area contributed by atoms with E-state index in [4.69, 9.17) is 10.1 Å². The van der Waals surface area contributed by atoms with E-state index >= 15 is 0 Å². The lowest BCUT2D eigenvalue weighted by atomic mass is 9.97. The molecule has 0 aromatic carbocycles. The first kappa shape index (κ1) is 15.8. The zero-order valence-corrected chi connectivity index (χ0v) is 14.9. The Morgan fingerprint density at radius 1 is 1.12 bits per heavy atom. The first-order valence-corrected chi connectivity index (χ1v) is 9.92. The molecular weight excluding hydrogens is 346 g/mol. The predicted molar refractivity (Wildman–Crippen MR) is 95.2 cm³/mol. The number of aliphatic carboxylic acids is 1. The molecule has 6 nitrogen and oxygen atoms in total. The number of carbonyl (C=O) groups excluding carboxylic acids is 1. The molecule has 0 radical (unpaired) electrons. The van der Waals surface area contributed by atoms with E-state index in [0.717, 1.165) is 27.8 Å². The second-order valence-corrected chi connectivity index (χ2v) is 8.42. The van der Waals surface area contributed by atoms with E-state index in [1.54, 1.807) is 16.2 Å². The quantitative estimate of drug-likeness (QED) is 0.905. The zero-order valence-electron chi connectivity index (χ0n) is 13.2. The summed E-state index contributed by atoms with van der Waals surface area (Å²) < 4.78 is 1.07. The minimum atomic E-state index is -0.752. The van der Waals surface area contributed by atoms with Gasteiger partial charge in [0.1, 0.15) is 4.83 Å². The Bertz CT molecular complexity index is 739. The number of amides is 1. The van der Waals surface area contributed by atoms with E-state index in [1.165, 1.54) is 24.2 Å². The Balaban J connectivity index is 1.47. The molecule has 1 N–H and O–H groups in total. The fourth-order valence-electron chi connectivity index (χ4n) is 3.36. The van der Waals surface area contributed by atoms with Crippen molar-refractivity contribution in [3.05, 3.63) is 10.9 Å². The van der Waals surface area contributed by atoms with Crippen molar-refractivity contribution >= 4 is 49.2 Å². The molecule has 2 aromatic rings. The van der Waals surface area contributed by atoms with Crippen LogP contribution in [0.1, 0.15) is 35.4 Å². The van der Waals surface area contributed by atoms with Gasteiger partial charge in [-0.3, -0.25) is 9.59 Å². The van der Waals surface area contributed by atoms with Crippen LogP contribution in [-0.4, -0.2) is 53.0 Å². The molecule has 2 fully saturated rings. The first-order valence-electron chi connectivity index (χ1n) is 8.29. The van der Waals surface area contributed by atoms with E-state index < -0.39 is 5.97 Å². The Morgan fingerprint density at radius 3 is 2.46 bits per heavy atom. The number of anilines is 1. The van der Waals surface area contributed by atoms with Crippen LogP contribution in [0.15, 0.2) is 6.07 Å². The highest BCUT2D eigenvalue weighted by molar-refractivity contribution is 7.29. The van der Waals surface area contributed by atoms with Gasteiger partial charge in [-0.05, 0) is 31.7 Å². The smallest absolute Gasteiger partial charge is 0.306 e. The number of hydrogen-bond acceptors (Lipinski definition) is 6. The number of thiophene rings is 1. The standard InChI is InChI=1S/C16H19N3O3S2/c20-14(18-7-3-10(4-8-18)15(21)22)12-9-11-13(23-12)17-16(24-11)19-5-1-2-6-19/h9-10H,1-8H2,(H,21,22). The molecule has 2 saturated heterocycles. The fraction of sp³-hybridized carbons (Fsp3) is 0.562. The van der Waals surface area contributed by atoms with Crippen LogP contribution >= 0.6 is 22.7 Å². The number of carboxylic acid groups (broad SMARTS) is 1. The number of hydrogen-bond donors (Lipinski definition) is 1. The number of aromatic nitrogens is 1. The maximum atomic E-state index is 12.6. The van der Waals surface area contributed by atoms with Gasteiger partial charge in [-0.15, -0.1) is 11.3 Å². The highest BCUT2D eigenvalue weighted by atomic mass is 32.1. The largest absolute Gasteiger partial charge is 0.481 e. The van der Waals surface area contributed by atoms with Crippen LogP contribution in [0.25, 0.3) is 9.53 Å². The number of thiazole rings is 1. The monoisotopic (exact) mass is 365 g/mol. The van der Waals surface area contributed by atoms with Crippen molar-refractivity contribution < 1.29 is 14.7 Å². The van der Waals surface area contributed by atoms with Gasteiger partial charge in [-0.2, -0.15) is 0 Å².